The minimum atomic E-state index is -0.502. The molecule has 0 saturated carbocycles. The van der Waals surface area contributed by atoms with E-state index in [1.807, 2.05) is 0 Å². The second-order valence-corrected chi connectivity index (χ2v) is 17.7. The molecule has 0 atom stereocenters. The van der Waals surface area contributed by atoms with Gasteiger partial charge < -0.3 is 4.90 Å². The third-order valence-electron chi connectivity index (χ3n) is 13.9. The first kappa shape index (κ1) is 37.1. The number of benzene rings is 10. The molecule has 2 aliphatic carbocycles. The lowest BCUT2D eigenvalue weighted by Crippen LogP contribution is -2.28. The number of hydrogen-bond donors (Lipinski definition) is 0. The summed E-state index contributed by atoms with van der Waals surface area (Å²) in [7, 11) is 0. The highest BCUT2D eigenvalue weighted by Gasteiger charge is 2.46. The number of hydrogen-bond acceptors (Lipinski definition) is 1. The van der Waals surface area contributed by atoms with Gasteiger partial charge >= 0.3 is 0 Å². The van der Waals surface area contributed by atoms with Crippen molar-refractivity contribution < 1.29 is 0 Å². The lowest BCUT2D eigenvalue weighted by atomic mass is 9.67. The predicted molar refractivity (Wildman–Crippen MR) is 264 cm³/mol. The fourth-order valence-electron chi connectivity index (χ4n) is 10.9. The van der Waals surface area contributed by atoms with Gasteiger partial charge in [0.2, 0.25) is 0 Å². The highest BCUT2D eigenvalue weighted by Crippen LogP contribution is 2.58. The summed E-state index contributed by atoms with van der Waals surface area (Å²) >= 11 is 0. The van der Waals surface area contributed by atoms with Crippen LogP contribution in [0.15, 0.2) is 237 Å². The molecule has 2 aliphatic rings. The van der Waals surface area contributed by atoms with E-state index >= 15 is 0 Å². The minimum absolute atomic E-state index is 0.217. The zero-order valence-electron chi connectivity index (χ0n) is 35.5. The Bertz CT molecular complexity index is 3310. The lowest BCUT2D eigenvalue weighted by molar-refractivity contribution is 0.660. The van der Waals surface area contributed by atoms with E-state index in [1.165, 1.54) is 88.7 Å². The SMILES string of the molecule is CC1(C)c2cc(-c3ccc4ccccc4c3)ccc2-c2ccc(N(c3ccc(-c4ccccc4)cc3)c3ccc4c(c3)C(c3ccccc3)(c3ccccc3)c3ccccc3-4)cc21. The Labute approximate surface area is 370 Å². The molecule has 298 valence electrons. The maximum absolute atomic E-state index is 2.48. The number of rotatable bonds is 7. The molecule has 0 aromatic heterocycles. The van der Waals surface area contributed by atoms with Gasteiger partial charge in [-0.1, -0.05) is 202 Å². The third-order valence-corrected chi connectivity index (χ3v) is 13.9. The van der Waals surface area contributed by atoms with Gasteiger partial charge in [-0.2, -0.15) is 0 Å². The molecule has 0 heterocycles. The Kier molecular flexibility index (Phi) is 8.49. The number of fused-ring (bicyclic) bond motifs is 7. The number of nitrogens with zero attached hydrogens (tertiary/aromatic N) is 1. The van der Waals surface area contributed by atoms with Gasteiger partial charge in [-0.25, -0.2) is 0 Å². The molecular formula is C62H45N. The van der Waals surface area contributed by atoms with Crippen LogP contribution in [0.3, 0.4) is 0 Å². The second-order valence-electron chi connectivity index (χ2n) is 17.7. The molecule has 10 aromatic rings. The van der Waals surface area contributed by atoms with E-state index in [4.69, 9.17) is 0 Å². The van der Waals surface area contributed by atoms with Crippen molar-refractivity contribution in [2.45, 2.75) is 24.7 Å². The van der Waals surface area contributed by atoms with Crippen LogP contribution in [0.4, 0.5) is 17.1 Å². The highest BCUT2D eigenvalue weighted by atomic mass is 15.1. The maximum Gasteiger partial charge on any atom is 0.0714 e. The zero-order valence-corrected chi connectivity index (χ0v) is 35.5. The van der Waals surface area contributed by atoms with Crippen molar-refractivity contribution in [2.75, 3.05) is 4.90 Å². The molecule has 0 spiro atoms. The molecule has 0 amide bonds. The molecule has 0 unspecified atom stereocenters. The van der Waals surface area contributed by atoms with Crippen molar-refractivity contribution in [3.8, 4) is 44.5 Å². The van der Waals surface area contributed by atoms with Crippen molar-refractivity contribution in [2.24, 2.45) is 0 Å². The summed E-state index contributed by atoms with van der Waals surface area (Å²) < 4.78 is 0. The van der Waals surface area contributed by atoms with Gasteiger partial charge in [0.05, 0.1) is 5.41 Å². The zero-order chi connectivity index (χ0) is 42.1. The van der Waals surface area contributed by atoms with Crippen molar-refractivity contribution in [1.82, 2.24) is 0 Å². The van der Waals surface area contributed by atoms with E-state index in [9.17, 15) is 0 Å². The molecule has 0 bridgehead atoms. The Morgan fingerprint density at radius 2 is 0.730 bits per heavy atom. The second kappa shape index (κ2) is 14.4. The summed E-state index contributed by atoms with van der Waals surface area (Å²) in [4.78, 5) is 2.47. The summed E-state index contributed by atoms with van der Waals surface area (Å²) in [6, 6.07) is 87.8. The smallest absolute Gasteiger partial charge is 0.0714 e. The van der Waals surface area contributed by atoms with Gasteiger partial charge in [-0.05, 0) is 137 Å². The van der Waals surface area contributed by atoms with Crippen molar-refractivity contribution in [3.05, 3.63) is 270 Å². The molecule has 0 aliphatic heterocycles. The van der Waals surface area contributed by atoms with E-state index in [0.717, 1.165) is 17.1 Å². The van der Waals surface area contributed by atoms with Gasteiger partial charge in [-0.3, -0.25) is 0 Å². The fraction of sp³-hybridized carbons (Fsp3) is 0.0645. The third kappa shape index (κ3) is 5.77. The molecule has 0 saturated heterocycles. The first-order valence-corrected chi connectivity index (χ1v) is 22.1. The Hall–Kier alpha value is -7.74. The Morgan fingerprint density at radius 1 is 0.286 bits per heavy atom. The van der Waals surface area contributed by atoms with Crippen molar-refractivity contribution in [3.63, 3.8) is 0 Å². The molecule has 10 aromatic carbocycles. The molecular weight excluding hydrogens is 759 g/mol. The molecule has 0 fully saturated rings. The van der Waals surface area contributed by atoms with Gasteiger partial charge in [0, 0.05) is 22.5 Å². The highest BCUT2D eigenvalue weighted by molar-refractivity contribution is 5.92. The quantitative estimate of drug-likeness (QED) is 0.155. The molecule has 1 nitrogen and oxygen atoms in total. The van der Waals surface area contributed by atoms with E-state index in [0.29, 0.717) is 0 Å². The fourth-order valence-corrected chi connectivity index (χ4v) is 10.9. The van der Waals surface area contributed by atoms with Crippen LogP contribution in [-0.2, 0) is 10.8 Å². The van der Waals surface area contributed by atoms with Crippen LogP contribution in [0.2, 0.25) is 0 Å². The van der Waals surface area contributed by atoms with Crippen LogP contribution in [0, 0.1) is 0 Å². The van der Waals surface area contributed by atoms with Crippen molar-refractivity contribution in [1.29, 1.82) is 0 Å². The summed E-state index contributed by atoms with van der Waals surface area (Å²) in [5, 5.41) is 2.53. The summed E-state index contributed by atoms with van der Waals surface area (Å²) in [6.07, 6.45) is 0. The molecule has 63 heavy (non-hydrogen) atoms. The van der Waals surface area contributed by atoms with E-state index < -0.39 is 5.41 Å². The van der Waals surface area contributed by atoms with Gasteiger partial charge in [0.25, 0.3) is 0 Å². The largest absolute Gasteiger partial charge is 0.310 e. The summed E-state index contributed by atoms with van der Waals surface area (Å²) in [6.45, 7) is 4.79. The van der Waals surface area contributed by atoms with Crippen LogP contribution in [0.5, 0.6) is 0 Å². The van der Waals surface area contributed by atoms with Gasteiger partial charge in [0.1, 0.15) is 0 Å². The minimum Gasteiger partial charge on any atom is -0.310 e. The normalized spacial score (nSPS) is 13.8. The molecule has 0 N–H and O–H groups in total. The van der Waals surface area contributed by atoms with Crippen LogP contribution in [-0.4, -0.2) is 0 Å². The van der Waals surface area contributed by atoms with Gasteiger partial charge in [0.15, 0.2) is 0 Å². The van der Waals surface area contributed by atoms with E-state index in [-0.39, 0.29) is 5.41 Å². The average molecular weight is 804 g/mol. The Morgan fingerprint density at radius 3 is 1.41 bits per heavy atom. The van der Waals surface area contributed by atoms with Crippen LogP contribution < -0.4 is 4.90 Å². The maximum atomic E-state index is 2.48. The molecule has 12 rings (SSSR count). The van der Waals surface area contributed by atoms with E-state index in [1.54, 1.807) is 0 Å². The van der Waals surface area contributed by atoms with Crippen molar-refractivity contribution >= 4 is 27.8 Å². The Balaban J connectivity index is 1.03. The summed E-state index contributed by atoms with van der Waals surface area (Å²) in [5.74, 6) is 0. The first-order valence-electron chi connectivity index (χ1n) is 22.1. The topological polar surface area (TPSA) is 3.24 Å². The van der Waals surface area contributed by atoms with Crippen LogP contribution >= 0.6 is 0 Å². The first-order chi connectivity index (χ1) is 31.0. The average Bonchev–Trinajstić information content (AvgIpc) is 3.77. The summed E-state index contributed by atoms with van der Waals surface area (Å²) in [5.41, 5.74) is 20.6. The number of anilines is 3. The standard InChI is InChI=1S/C62H45N/c1-61(2)58-39-47(46-27-26-43-18-12-13-19-45(43)38-46)30-35-54(58)55-36-33-51(40-59(55)61)63(50-31-28-44(29-32-50)42-16-6-3-7-17-42)52-34-37-56-53-24-14-15-25-57(53)62(60(56)41-52,48-20-8-4-9-21-48)49-22-10-5-11-23-49/h3-41H,1-2H3. The predicted octanol–water partition coefficient (Wildman–Crippen LogP) is 16.3. The molecule has 0 radical (unpaired) electrons. The monoisotopic (exact) mass is 803 g/mol. The lowest BCUT2D eigenvalue weighted by Gasteiger charge is -2.35. The van der Waals surface area contributed by atoms with E-state index in [2.05, 4.69) is 255 Å². The molecule has 1 heteroatoms. The van der Waals surface area contributed by atoms with Crippen LogP contribution in [0.25, 0.3) is 55.3 Å². The van der Waals surface area contributed by atoms with Gasteiger partial charge in [-0.15, -0.1) is 0 Å². The van der Waals surface area contributed by atoms with Crippen LogP contribution in [0.1, 0.15) is 47.2 Å².